The van der Waals surface area contributed by atoms with E-state index < -0.39 is 18.1 Å². The zero-order valence-electron chi connectivity index (χ0n) is 8.57. The molecular weight excluding hydrogens is 199 g/mol. The molecule has 0 spiro atoms. The van der Waals surface area contributed by atoms with Gasteiger partial charge in [-0.3, -0.25) is 4.79 Å². The van der Waals surface area contributed by atoms with Gasteiger partial charge in [0.1, 0.15) is 11.9 Å². The number of rotatable bonds is 3. The number of benzene rings is 1. The molecule has 1 rings (SSSR count). The lowest BCUT2D eigenvalue weighted by Gasteiger charge is -2.11. The normalized spacial score (nSPS) is 14.6. The highest BCUT2D eigenvalue weighted by atomic mass is 19.1. The van der Waals surface area contributed by atoms with Crippen LogP contribution >= 0.6 is 0 Å². The zero-order valence-corrected chi connectivity index (χ0v) is 8.57. The minimum Gasteiger partial charge on any atom is -0.508 e. The number of hydrogen-bond acceptors (Lipinski definition) is 2. The maximum Gasteiger partial charge on any atom is 0.310 e. The van der Waals surface area contributed by atoms with Crippen LogP contribution in [-0.4, -0.2) is 16.2 Å². The molecule has 0 saturated heterocycles. The third-order valence-electron chi connectivity index (χ3n) is 2.35. The average Bonchev–Trinajstić information content (AvgIpc) is 2.16. The van der Waals surface area contributed by atoms with Crippen LogP contribution in [0.5, 0.6) is 5.75 Å². The van der Waals surface area contributed by atoms with E-state index in [0.717, 1.165) is 0 Å². The Balaban J connectivity index is 3.16. The van der Waals surface area contributed by atoms with Crippen molar-refractivity contribution in [2.45, 2.75) is 25.9 Å². The Hall–Kier alpha value is -1.58. The molecule has 0 aliphatic heterocycles. The molecule has 0 heterocycles. The summed E-state index contributed by atoms with van der Waals surface area (Å²) in [5.41, 5.74) is 0.611. The van der Waals surface area contributed by atoms with Gasteiger partial charge < -0.3 is 10.2 Å². The van der Waals surface area contributed by atoms with Crippen molar-refractivity contribution in [3.8, 4) is 5.75 Å². The molecule has 82 valence electrons. The first-order valence-corrected chi connectivity index (χ1v) is 4.63. The Labute approximate surface area is 87.2 Å². The maximum absolute atomic E-state index is 13.0. The minimum absolute atomic E-state index is 0.116. The highest BCUT2D eigenvalue weighted by Gasteiger charge is 2.18. The number of aliphatic carboxylic acids is 1. The molecule has 2 atom stereocenters. The Morgan fingerprint density at radius 1 is 1.40 bits per heavy atom. The van der Waals surface area contributed by atoms with Crippen LogP contribution in [0.2, 0.25) is 0 Å². The largest absolute Gasteiger partial charge is 0.508 e. The fourth-order valence-electron chi connectivity index (χ4n) is 1.30. The second-order valence-corrected chi connectivity index (χ2v) is 3.49. The van der Waals surface area contributed by atoms with Crippen molar-refractivity contribution in [2.24, 2.45) is 0 Å². The number of phenols is 1. The summed E-state index contributed by atoms with van der Waals surface area (Å²) in [6.45, 7) is 2.81. The zero-order chi connectivity index (χ0) is 11.6. The van der Waals surface area contributed by atoms with Gasteiger partial charge in [-0.05, 0) is 31.5 Å². The van der Waals surface area contributed by atoms with Gasteiger partial charge in [0.2, 0.25) is 0 Å². The molecule has 0 aliphatic carbocycles. The van der Waals surface area contributed by atoms with Crippen molar-refractivity contribution in [2.75, 3.05) is 0 Å². The van der Waals surface area contributed by atoms with E-state index in [4.69, 9.17) is 5.11 Å². The summed E-state index contributed by atoms with van der Waals surface area (Å²) in [6, 6.07) is 4.15. The molecule has 2 unspecified atom stereocenters. The molecule has 1 aromatic carbocycles. The van der Waals surface area contributed by atoms with Crippen LogP contribution in [0.3, 0.4) is 0 Å². The highest BCUT2D eigenvalue weighted by molar-refractivity contribution is 5.76. The van der Waals surface area contributed by atoms with Crippen LogP contribution in [0, 0.1) is 0 Å². The van der Waals surface area contributed by atoms with Crippen molar-refractivity contribution in [3.63, 3.8) is 0 Å². The summed E-state index contributed by atoms with van der Waals surface area (Å²) in [5.74, 6) is -2.01. The van der Waals surface area contributed by atoms with Gasteiger partial charge >= 0.3 is 5.97 Å². The average molecular weight is 212 g/mol. The second-order valence-electron chi connectivity index (χ2n) is 3.49. The molecule has 4 heteroatoms. The van der Waals surface area contributed by atoms with Crippen LogP contribution in [0.25, 0.3) is 0 Å². The Morgan fingerprint density at radius 3 is 2.47 bits per heavy atom. The third-order valence-corrected chi connectivity index (χ3v) is 2.35. The predicted molar refractivity (Wildman–Crippen MR) is 53.7 cm³/mol. The van der Waals surface area contributed by atoms with E-state index in [9.17, 15) is 14.3 Å². The van der Waals surface area contributed by atoms with Gasteiger partial charge in [0, 0.05) is 5.56 Å². The molecule has 2 N–H and O–H groups in total. The number of phenolic OH excluding ortho intramolecular Hbond substituents is 1. The fraction of sp³-hybridized carbons (Fsp3) is 0.364. The summed E-state index contributed by atoms with van der Waals surface area (Å²) in [7, 11) is 0. The molecular formula is C11H13FO3. The van der Waals surface area contributed by atoms with Crippen molar-refractivity contribution < 1.29 is 19.4 Å². The van der Waals surface area contributed by atoms with E-state index >= 15 is 0 Å². The van der Waals surface area contributed by atoms with Crippen molar-refractivity contribution in [3.05, 3.63) is 29.3 Å². The molecule has 0 aromatic heterocycles. The first-order valence-electron chi connectivity index (χ1n) is 4.63. The number of aromatic hydroxyl groups is 1. The molecule has 0 fully saturated rings. The van der Waals surface area contributed by atoms with Gasteiger partial charge in [0.05, 0.1) is 5.92 Å². The maximum atomic E-state index is 13.0. The van der Waals surface area contributed by atoms with E-state index in [1.54, 1.807) is 0 Å². The van der Waals surface area contributed by atoms with Gasteiger partial charge in [-0.1, -0.05) is 6.07 Å². The molecule has 0 saturated carbocycles. The van der Waals surface area contributed by atoms with Gasteiger partial charge in [0.15, 0.2) is 0 Å². The lowest BCUT2D eigenvalue weighted by Crippen LogP contribution is -2.08. The lowest BCUT2D eigenvalue weighted by molar-refractivity contribution is -0.138. The van der Waals surface area contributed by atoms with Crippen molar-refractivity contribution in [1.29, 1.82) is 0 Å². The van der Waals surface area contributed by atoms with Crippen LogP contribution in [0.15, 0.2) is 18.2 Å². The summed E-state index contributed by atoms with van der Waals surface area (Å²) >= 11 is 0. The SMILES string of the molecule is CC(F)c1ccc(O)c(C(C)C(=O)O)c1. The number of carboxylic acids is 1. The Kier molecular flexibility index (Phi) is 3.29. The van der Waals surface area contributed by atoms with E-state index in [-0.39, 0.29) is 11.3 Å². The van der Waals surface area contributed by atoms with Crippen LogP contribution in [0.1, 0.15) is 37.1 Å². The summed E-state index contributed by atoms with van der Waals surface area (Å²) < 4.78 is 13.0. The number of halogens is 1. The highest BCUT2D eigenvalue weighted by Crippen LogP contribution is 2.29. The van der Waals surface area contributed by atoms with Gasteiger partial charge in [-0.25, -0.2) is 4.39 Å². The smallest absolute Gasteiger partial charge is 0.310 e. The number of hydrogen-bond donors (Lipinski definition) is 2. The molecule has 15 heavy (non-hydrogen) atoms. The quantitative estimate of drug-likeness (QED) is 0.809. The number of alkyl halides is 1. The molecule has 0 bridgehead atoms. The van der Waals surface area contributed by atoms with Gasteiger partial charge in [-0.2, -0.15) is 0 Å². The number of carbonyl (C=O) groups is 1. The molecule has 0 aliphatic rings. The second kappa shape index (κ2) is 4.29. The monoisotopic (exact) mass is 212 g/mol. The van der Waals surface area contributed by atoms with E-state index in [1.807, 2.05) is 0 Å². The molecule has 3 nitrogen and oxygen atoms in total. The van der Waals surface area contributed by atoms with E-state index in [0.29, 0.717) is 5.56 Å². The van der Waals surface area contributed by atoms with Crippen LogP contribution < -0.4 is 0 Å². The van der Waals surface area contributed by atoms with Gasteiger partial charge in [-0.15, -0.1) is 0 Å². The van der Waals surface area contributed by atoms with Gasteiger partial charge in [0.25, 0.3) is 0 Å². The lowest BCUT2D eigenvalue weighted by atomic mass is 9.97. The first kappa shape index (κ1) is 11.5. The van der Waals surface area contributed by atoms with E-state index in [1.165, 1.54) is 32.0 Å². The number of carboxylic acid groups (broad SMARTS) is 1. The summed E-state index contributed by atoms with van der Waals surface area (Å²) in [4.78, 5) is 10.7. The van der Waals surface area contributed by atoms with Crippen molar-refractivity contribution >= 4 is 5.97 Å². The molecule has 0 radical (unpaired) electrons. The van der Waals surface area contributed by atoms with Crippen LogP contribution in [0.4, 0.5) is 4.39 Å². The topological polar surface area (TPSA) is 57.5 Å². The van der Waals surface area contributed by atoms with Crippen LogP contribution in [-0.2, 0) is 4.79 Å². The third kappa shape index (κ3) is 2.46. The standard InChI is InChI=1S/C11H13FO3/c1-6(11(14)15)9-5-8(7(2)12)3-4-10(9)13/h3-7,13H,1-2H3,(H,14,15). The Morgan fingerprint density at radius 2 is 2.00 bits per heavy atom. The minimum atomic E-state index is -1.18. The summed E-state index contributed by atoms with van der Waals surface area (Å²) in [5, 5.41) is 18.2. The Bertz CT molecular complexity index is 374. The van der Waals surface area contributed by atoms with Crippen molar-refractivity contribution in [1.82, 2.24) is 0 Å². The summed E-state index contributed by atoms with van der Waals surface area (Å²) in [6.07, 6.45) is -1.18. The fourth-order valence-corrected chi connectivity index (χ4v) is 1.30. The predicted octanol–water partition coefficient (Wildman–Crippen LogP) is 2.61. The molecule has 1 aromatic rings. The molecule has 0 amide bonds. The first-order chi connectivity index (χ1) is 6.93. The van der Waals surface area contributed by atoms with E-state index in [2.05, 4.69) is 0 Å².